The minimum Gasteiger partial charge on any atom is -0.294 e. The van der Waals surface area contributed by atoms with Crippen molar-refractivity contribution in [3.63, 3.8) is 0 Å². The Morgan fingerprint density at radius 1 is 1.62 bits per heavy atom. The van der Waals surface area contributed by atoms with Gasteiger partial charge in [0, 0.05) is 22.4 Å². The summed E-state index contributed by atoms with van der Waals surface area (Å²) in [7, 11) is 0. The van der Waals surface area contributed by atoms with Gasteiger partial charge in [-0.25, -0.2) is 0 Å². The third kappa shape index (κ3) is 3.07. The van der Waals surface area contributed by atoms with Gasteiger partial charge in [0.05, 0.1) is 11.1 Å². The summed E-state index contributed by atoms with van der Waals surface area (Å²) in [5, 5.41) is 9.06. The number of carbonyl (C=O) groups is 1. The number of hydrogen-bond acceptors (Lipinski definition) is 2. The molecule has 1 aromatic carbocycles. The van der Waals surface area contributed by atoms with Crippen LogP contribution in [-0.4, -0.2) is 5.78 Å². The predicted molar refractivity (Wildman–Crippen MR) is 67.5 cm³/mol. The van der Waals surface area contributed by atoms with E-state index in [0.29, 0.717) is 17.0 Å². The molecule has 0 saturated heterocycles. The molecule has 0 N–H and O–H groups in total. The largest absolute Gasteiger partial charge is 0.294 e. The van der Waals surface area contributed by atoms with E-state index in [1.165, 1.54) is 0 Å². The van der Waals surface area contributed by atoms with Crippen LogP contribution in [0, 0.1) is 17.2 Å². The topological polar surface area (TPSA) is 40.9 Å². The molecule has 84 valence electrons. The fraction of sp³-hybridized carbons (Fsp3) is 0.333. The number of benzene rings is 1. The van der Waals surface area contributed by atoms with E-state index in [0.717, 1.165) is 4.47 Å². The zero-order valence-corrected chi connectivity index (χ0v) is 11.2. The van der Waals surface area contributed by atoms with E-state index in [1.807, 2.05) is 13.0 Å². The highest BCUT2D eigenvalue weighted by molar-refractivity contribution is 9.10. The molecule has 1 atom stereocenters. The monoisotopic (exact) mass is 299 g/mol. The second kappa shape index (κ2) is 6.03. The first-order valence-electron chi connectivity index (χ1n) is 4.96. The zero-order chi connectivity index (χ0) is 12.1. The van der Waals surface area contributed by atoms with Gasteiger partial charge in [-0.3, -0.25) is 4.79 Å². The molecule has 1 aromatic rings. The van der Waals surface area contributed by atoms with Crippen molar-refractivity contribution in [3.8, 4) is 6.07 Å². The van der Waals surface area contributed by atoms with Crippen LogP contribution < -0.4 is 0 Å². The Balaban J connectivity index is 3.00. The Hall–Kier alpha value is -0.850. The molecule has 0 fully saturated rings. The van der Waals surface area contributed by atoms with Gasteiger partial charge in [-0.05, 0) is 24.6 Å². The summed E-state index contributed by atoms with van der Waals surface area (Å²) >= 11 is 9.27. The number of nitriles is 1. The van der Waals surface area contributed by atoms with E-state index in [2.05, 4.69) is 15.9 Å². The molecule has 4 heteroatoms. The molecule has 0 saturated carbocycles. The first-order chi connectivity index (χ1) is 7.60. The Morgan fingerprint density at radius 2 is 2.31 bits per heavy atom. The number of carbonyl (C=O) groups excluding carboxylic acids is 1. The van der Waals surface area contributed by atoms with E-state index in [-0.39, 0.29) is 18.1 Å². The summed E-state index contributed by atoms with van der Waals surface area (Å²) in [6.45, 7) is 1.90. The Labute approximate surface area is 108 Å². The molecule has 16 heavy (non-hydrogen) atoms. The second-order valence-corrected chi connectivity index (χ2v) is 4.78. The summed E-state index contributed by atoms with van der Waals surface area (Å²) in [4.78, 5) is 12.0. The van der Waals surface area contributed by atoms with Crippen LogP contribution in [0.1, 0.15) is 30.1 Å². The molecule has 0 aliphatic carbocycles. The van der Waals surface area contributed by atoms with E-state index in [9.17, 15) is 4.79 Å². The lowest BCUT2D eigenvalue weighted by Crippen LogP contribution is -2.13. The van der Waals surface area contributed by atoms with Gasteiger partial charge in [0.25, 0.3) is 0 Å². The molecule has 0 heterocycles. The normalized spacial score (nSPS) is 11.9. The van der Waals surface area contributed by atoms with Crippen LogP contribution >= 0.6 is 27.5 Å². The lowest BCUT2D eigenvalue weighted by Gasteiger charge is -2.11. The number of ketones is 1. The first-order valence-corrected chi connectivity index (χ1v) is 6.13. The zero-order valence-electron chi connectivity index (χ0n) is 8.84. The van der Waals surface area contributed by atoms with Crippen molar-refractivity contribution >= 4 is 33.3 Å². The summed E-state index contributed by atoms with van der Waals surface area (Å²) in [6.07, 6.45) is 0.889. The van der Waals surface area contributed by atoms with Gasteiger partial charge < -0.3 is 0 Å². The van der Waals surface area contributed by atoms with Crippen molar-refractivity contribution < 1.29 is 4.79 Å². The van der Waals surface area contributed by atoms with E-state index in [4.69, 9.17) is 16.9 Å². The second-order valence-electron chi connectivity index (χ2n) is 3.46. The van der Waals surface area contributed by atoms with Crippen molar-refractivity contribution in [2.75, 3.05) is 0 Å². The molecule has 0 spiro atoms. The molecule has 0 amide bonds. The van der Waals surface area contributed by atoms with Gasteiger partial charge in [0.2, 0.25) is 0 Å². The van der Waals surface area contributed by atoms with Gasteiger partial charge >= 0.3 is 0 Å². The van der Waals surface area contributed by atoms with Crippen LogP contribution in [-0.2, 0) is 0 Å². The van der Waals surface area contributed by atoms with Crippen LogP contribution in [0.5, 0.6) is 0 Å². The highest BCUT2D eigenvalue weighted by Gasteiger charge is 2.20. The summed E-state index contributed by atoms with van der Waals surface area (Å²) in [6, 6.07) is 7.18. The lowest BCUT2D eigenvalue weighted by molar-refractivity contribution is 0.0919. The molecule has 0 radical (unpaired) electrons. The average molecular weight is 301 g/mol. The van der Waals surface area contributed by atoms with Crippen LogP contribution in [0.25, 0.3) is 0 Å². The minimum absolute atomic E-state index is 0.0541. The molecule has 0 aromatic heterocycles. The van der Waals surface area contributed by atoms with Gasteiger partial charge in [-0.2, -0.15) is 5.26 Å². The Morgan fingerprint density at radius 3 is 2.81 bits per heavy atom. The summed E-state index contributed by atoms with van der Waals surface area (Å²) in [5.41, 5.74) is 0.493. The fourth-order valence-corrected chi connectivity index (χ4v) is 2.21. The van der Waals surface area contributed by atoms with Crippen LogP contribution in [0.4, 0.5) is 0 Å². The third-order valence-corrected chi connectivity index (χ3v) is 3.20. The molecular formula is C12H11BrClNO. The maximum Gasteiger partial charge on any atom is 0.168 e. The molecule has 2 nitrogen and oxygen atoms in total. The molecule has 0 aliphatic heterocycles. The summed E-state index contributed by atoms with van der Waals surface area (Å²) < 4.78 is 0.836. The summed E-state index contributed by atoms with van der Waals surface area (Å²) in [5.74, 6) is -0.315. The standard InChI is InChI=1S/C12H11BrClNO/c1-2-8(5-6-15)12(16)10-4-3-9(13)7-11(10)14/h3-4,7-8H,2,5H2,1H3. The number of hydrogen-bond donors (Lipinski definition) is 0. The first kappa shape index (κ1) is 13.2. The number of halogens is 2. The highest BCUT2D eigenvalue weighted by atomic mass is 79.9. The average Bonchev–Trinajstić information content (AvgIpc) is 2.25. The quantitative estimate of drug-likeness (QED) is 0.781. The van der Waals surface area contributed by atoms with Gasteiger partial charge in [-0.15, -0.1) is 0 Å². The van der Waals surface area contributed by atoms with E-state index in [1.54, 1.807) is 18.2 Å². The van der Waals surface area contributed by atoms with Crippen molar-refractivity contribution in [2.24, 2.45) is 5.92 Å². The third-order valence-electron chi connectivity index (χ3n) is 2.40. The number of rotatable bonds is 4. The minimum atomic E-state index is -0.260. The van der Waals surface area contributed by atoms with Crippen LogP contribution in [0.2, 0.25) is 5.02 Å². The lowest BCUT2D eigenvalue weighted by atomic mass is 9.93. The van der Waals surface area contributed by atoms with Gasteiger partial charge in [-0.1, -0.05) is 34.5 Å². The van der Waals surface area contributed by atoms with Crippen LogP contribution in [0.3, 0.4) is 0 Å². The number of nitrogens with zero attached hydrogens (tertiary/aromatic N) is 1. The van der Waals surface area contributed by atoms with Crippen molar-refractivity contribution in [1.82, 2.24) is 0 Å². The SMILES string of the molecule is CCC(CC#N)C(=O)c1ccc(Br)cc1Cl. The molecule has 1 unspecified atom stereocenters. The van der Waals surface area contributed by atoms with E-state index < -0.39 is 0 Å². The fourth-order valence-electron chi connectivity index (χ4n) is 1.44. The van der Waals surface area contributed by atoms with E-state index >= 15 is 0 Å². The smallest absolute Gasteiger partial charge is 0.168 e. The highest BCUT2D eigenvalue weighted by Crippen LogP contribution is 2.25. The Bertz CT molecular complexity index is 439. The molecule has 0 bridgehead atoms. The Kier molecular flexibility index (Phi) is 4.98. The van der Waals surface area contributed by atoms with Crippen LogP contribution in [0.15, 0.2) is 22.7 Å². The molecular weight excluding hydrogens is 289 g/mol. The predicted octanol–water partition coefficient (Wildman–Crippen LogP) is 4.23. The number of Topliss-reactive ketones (excluding diaryl/α,β-unsaturated/α-hetero) is 1. The van der Waals surface area contributed by atoms with Crippen molar-refractivity contribution in [2.45, 2.75) is 19.8 Å². The van der Waals surface area contributed by atoms with Crippen molar-refractivity contribution in [3.05, 3.63) is 33.3 Å². The van der Waals surface area contributed by atoms with Gasteiger partial charge in [0.1, 0.15) is 0 Å². The maximum atomic E-state index is 12.0. The molecule has 1 rings (SSSR count). The molecule has 0 aliphatic rings. The van der Waals surface area contributed by atoms with Gasteiger partial charge in [0.15, 0.2) is 5.78 Å². The maximum absolute atomic E-state index is 12.0. The van der Waals surface area contributed by atoms with Crippen molar-refractivity contribution in [1.29, 1.82) is 5.26 Å².